The summed E-state index contributed by atoms with van der Waals surface area (Å²) in [6.45, 7) is 4.13. The van der Waals surface area contributed by atoms with Crippen LogP contribution in [0.25, 0.3) is 0 Å². The van der Waals surface area contributed by atoms with Crippen LogP contribution in [-0.4, -0.2) is 25.5 Å². The molecule has 0 aliphatic carbocycles. The zero-order chi connectivity index (χ0) is 12.1. The highest BCUT2D eigenvalue weighted by Crippen LogP contribution is 2.18. The van der Waals surface area contributed by atoms with Crippen molar-refractivity contribution < 1.29 is 9.53 Å². The Morgan fingerprint density at radius 2 is 2.25 bits per heavy atom. The first-order valence-corrected chi connectivity index (χ1v) is 5.20. The van der Waals surface area contributed by atoms with Crippen LogP contribution in [-0.2, 0) is 4.74 Å². The summed E-state index contributed by atoms with van der Waals surface area (Å²) in [5.41, 5.74) is 7.65. The Labute approximate surface area is 95.8 Å². The summed E-state index contributed by atoms with van der Waals surface area (Å²) in [7, 11) is 1.65. The summed E-state index contributed by atoms with van der Waals surface area (Å²) in [6, 6.07) is 5.55. The Morgan fingerprint density at radius 3 is 2.81 bits per heavy atom. The fourth-order valence-electron chi connectivity index (χ4n) is 1.53. The third-order valence-electron chi connectivity index (χ3n) is 2.26. The molecule has 0 aliphatic heterocycles. The van der Waals surface area contributed by atoms with Crippen LogP contribution in [0.3, 0.4) is 0 Å². The lowest BCUT2D eigenvalue weighted by Crippen LogP contribution is -2.21. The third-order valence-corrected chi connectivity index (χ3v) is 2.26. The Morgan fingerprint density at radius 1 is 1.56 bits per heavy atom. The molecule has 3 N–H and O–H groups in total. The fourth-order valence-corrected chi connectivity index (χ4v) is 1.53. The molecule has 0 saturated carbocycles. The van der Waals surface area contributed by atoms with Crippen molar-refractivity contribution in [2.75, 3.05) is 24.8 Å². The first-order chi connectivity index (χ1) is 7.54. The molecule has 0 radical (unpaired) electrons. The minimum atomic E-state index is -0.0273. The molecule has 0 heterocycles. The molecular weight excluding hydrogens is 204 g/mol. The lowest BCUT2D eigenvalue weighted by atomic mass is 10.1. The second-order valence-corrected chi connectivity index (χ2v) is 3.86. The number of Topliss-reactive ketones (excluding diaryl/α,β-unsaturated/α-hetero) is 1. The fraction of sp³-hybridized carbons (Fsp3) is 0.417. The van der Waals surface area contributed by atoms with Gasteiger partial charge in [0.1, 0.15) is 0 Å². The molecule has 4 nitrogen and oxygen atoms in total. The summed E-state index contributed by atoms with van der Waals surface area (Å²) in [6.07, 6.45) is 0. The molecule has 0 aromatic heterocycles. The first kappa shape index (κ1) is 12.5. The number of nitrogens with one attached hydrogen (secondary N) is 1. The van der Waals surface area contributed by atoms with Gasteiger partial charge in [0.05, 0.1) is 6.61 Å². The summed E-state index contributed by atoms with van der Waals surface area (Å²) in [5.74, 6) is -0.0273. The SMILES string of the molecule is COCC(C)Nc1ccc(N)c(C(C)=O)c1. The highest BCUT2D eigenvalue weighted by atomic mass is 16.5. The molecule has 0 bridgehead atoms. The number of ketones is 1. The molecule has 0 spiro atoms. The maximum absolute atomic E-state index is 11.3. The van der Waals surface area contributed by atoms with Crippen LogP contribution in [0.1, 0.15) is 24.2 Å². The van der Waals surface area contributed by atoms with Crippen molar-refractivity contribution in [1.82, 2.24) is 0 Å². The first-order valence-electron chi connectivity index (χ1n) is 5.20. The van der Waals surface area contributed by atoms with E-state index in [9.17, 15) is 4.79 Å². The van der Waals surface area contributed by atoms with Gasteiger partial charge in [-0.2, -0.15) is 0 Å². The van der Waals surface area contributed by atoms with Gasteiger partial charge in [0.2, 0.25) is 0 Å². The van der Waals surface area contributed by atoms with Gasteiger partial charge in [0, 0.05) is 30.1 Å². The lowest BCUT2D eigenvalue weighted by Gasteiger charge is -2.15. The Kier molecular flexibility index (Phi) is 4.31. The van der Waals surface area contributed by atoms with E-state index < -0.39 is 0 Å². The predicted molar refractivity (Wildman–Crippen MR) is 65.8 cm³/mol. The van der Waals surface area contributed by atoms with Gasteiger partial charge >= 0.3 is 0 Å². The largest absolute Gasteiger partial charge is 0.398 e. The number of nitrogen functional groups attached to an aromatic ring is 1. The molecule has 0 fully saturated rings. The quantitative estimate of drug-likeness (QED) is 0.590. The van der Waals surface area contributed by atoms with Gasteiger partial charge in [-0.05, 0) is 32.0 Å². The Bertz CT molecular complexity index is 377. The number of nitrogens with two attached hydrogens (primary N) is 1. The molecular formula is C12H18N2O2. The third kappa shape index (κ3) is 3.24. The highest BCUT2D eigenvalue weighted by molar-refractivity contribution is 6.00. The van der Waals surface area contributed by atoms with Crippen molar-refractivity contribution in [3.63, 3.8) is 0 Å². The summed E-state index contributed by atoms with van der Waals surface area (Å²) < 4.78 is 5.02. The van der Waals surface area contributed by atoms with E-state index >= 15 is 0 Å². The van der Waals surface area contributed by atoms with E-state index in [4.69, 9.17) is 10.5 Å². The van der Waals surface area contributed by atoms with Gasteiger partial charge < -0.3 is 15.8 Å². The standard InChI is InChI=1S/C12H18N2O2/c1-8(7-16-3)14-10-4-5-12(13)11(6-10)9(2)15/h4-6,8,14H,7,13H2,1-3H3. The average Bonchev–Trinajstić information content (AvgIpc) is 2.21. The van der Waals surface area contributed by atoms with Crippen molar-refractivity contribution in [3.05, 3.63) is 23.8 Å². The Balaban J connectivity index is 2.82. The number of methoxy groups -OCH3 is 1. The molecule has 16 heavy (non-hydrogen) atoms. The molecule has 1 rings (SSSR count). The molecule has 0 amide bonds. The number of hydrogen-bond acceptors (Lipinski definition) is 4. The van der Waals surface area contributed by atoms with Gasteiger partial charge in [-0.15, -0.1) is 0 Å². The number of anilines is 2. The number of benzene rings is 1. The Hall–Kier alpha value is -1.55. The second-order valence-electron chi connectivity index (χ2n) is 3.86. The zero-order valence-electron chi connectivity index (χ0n) is 9.91. The molecule has 4 heteroatoms. The van der Waals surface area contributed by atoms with Gasteiger partial charge in [-0.3, -0.25) is 4.79 Å². The van der Waals surface area contributed by atoms with Gasteiger partial charge in [-0.25, -0.2) is 0 Å². The normalized spacial score (nSPS) is 12.2. The highest BCUT2D eigenvalue weighted by Gasteiger charge is 2.07. The van der Waals surface area contributed by atoms with Crippen molar-refractivity contribution in [2.45, 2.75) is 19.9 Å². The van der Waals surface area contributed by atoms with Crippen LogP contribution in [0.2, 0.25) is 0 Å². The smallest absolute Gasteiger partial charge is 0.161 e. The molecule has 1 aromatic carbocycles. The predicted octanol–water partition coefficient (Wildman–Crippen LogP) is 1.92. The maximum atomic E-state index is 11.3. The van der Waals surface area contributed by atoms with Crippen LogP contribution in [0, 0.1) is 0 Å². The van der Waals surface area contributed by atoms with E-state index in [1.54, 1.807) is 19.2 Å². The summed E-state index contributed by atoms with van der Waals surface area (Å²) >= 11 is 0. The van der Waals surface area contributed by atoms with Crippen LogP contribution in [0.5, 0.6) is 0 Å². The van der Waals surface area contributed by atoms with E-state index in [1.807, 2.05) is 13.0 Å². The zero-order valence-corrected chi connectivity index (χ0v) is 9.91. The second kappa shape index (κ2) is 5.51. The van der Waals surface area contributed by atoms with Gasteiger partial charge in [0.25, 0.3) is 0 Å². The minimum Gasteiger partial charge on any atom is -0.398 e. The summed E-state index contributed by atoms with van der Waals surface area (Å²) in [4.78, 5) is 11.3. The lowest BCUT2D eigenvalue weighted by molar-refractivity contribution is 0.101. The van der Waals surface area contributed by atoms with Crippen LogP contribution >= 0.6 is 0 Å². The molecule has 1 atom stereocenters. The molecule has 0 saturated heterocycles. The number of ether oxygens (including phenoxy) is 1. The van der Waals surface area contributed by atoms with Crippen molar-refractivity contribution in [1.29, 1.82) is 0 Å². The number of hydrogen-bond donors (Lipinski definition) is 2. The molecule has 0 aliphatic rings. The average molecular weight is 222 g/mol. The molecule has 88 valence electrons. The van der Waals surface area contributed by atoms with Crippen LogP contribution < -0.4 is 11.1 Å². The van der Waals surface area contributed by atoms with Crippen molar-refractivity contribution >= 4 is 17.2 Å². The van der Waals surface area contributed by atoms with E-state index in [-0.39, 0.29) is 11.8 Å². The van der Waals surface area contributed by atoms with Gasteiger partial charge in [0.15, 0.2) is 5.78 Å². The van der Waals surface area contributed by atoms with Crippen molar-refractivity contribution in [3.8, 4) is 0 Å². The van der Waals surface area contributed by atoms with Gasteiger partial charge in [-0.1, -0.05) is 0 Å². The number of carbonyl (C=O) groups excluding carboxylic acids is 1. The monoisotopic (exact) mass is 222 g/mol. The van der Waals surface area contributed by atoms with E-state index in [2.05, 4.69) is 5.32 Å². The molecule has 1 unspecified atom stereocenters. The van der Waals surface area contributed by atoms with E-state index in [1.165, 1.54) is 6.92 Å². The van der Waals surface area contributed by atoms with E-state index in [0.29, 0.717) is 17.9 Å². The molecule has 1 aromatic rings. The van der Waals surface area contributed by atoms with Crippen LogP contribution in [0.4, 0.5) is 11.4 Å². The topological polar surface area (TPSA) is 64.3 Å². The maximum Gasteiger partial charge on any atom is 0.161 e. The number of rotatable bonds is 5. The van der Waals surface area contributed by atoms with Crippen molar-refractivity contribution in [2.24, 2.45) is 0 Å². The van der Waals surface area contributed by atoms with Crippen LogP contribution in [0.15, 0.2) is 18.2 Å². The van der Waals surface area contributed by atoms with E-state index in [0.717, 1.165) is 5.69 Å². The minimum absolute atomic E-state index is 0.0273. The number of carbonyl (C=O) groups is 1. The summed E-state index contributed by atoms with van der Waals surface area (Å²) in [5, 5.41) is 3.23.